The fourth-order valence-electron chi connectivity index (χ4n) is 3.96. The second-order valence-electron chi connectivity index (χ2n) is 8.04. The van der Waals surface area contributed by atoms with E-state index in [4.69, 9.17) is 0 Å². The van der Waals surface area contributed by atoms with E-state index in [-0.39, 0.29) is 17.3 Å². The first-order valence-corrected chi connectivity index (χ1v) is 10.8. The van der Waals surface area contributed by atoms with Crippen molar-refractivity contribution in [2.24, 2.45) is 0 Å². The zero-order valence-electron chi connectivity index (χ0n) is 18.4. The molecule has 2 aromatic heterocycles. The van der Waals surface area contributed by atoms with Gasteiger partial charge >= 0.3 is 0 Å². The number of imidazole rings is 1. The number of carbonyl (C=O) groups excluding carboxylic acids is 1. The summed E-state index contributed by atoms with van der Waals surface area (Å²) >= 11 is 0. The van der Waals surface area contributed by atoms with Gasteiger partial charge in [-0.2, -0.15) is 5.10 Å². The van der Waals surface area contributed by atoms with Gasteiger partial charge in [-0.05, 0) is 55.3 Å². The molecule has 34 heavy (non-hydrogen) atoms. The number of nitrogens with zero attached hydrogens (tertiary/aromatic N) is 3. The third kappa shape index (κ3) is 4.13. The Labute approximate surface area is 194 Å². The summed E-state index contributed by atoms with van der Waals surface area (Å²) < 4.78 is 15.7. The Morgan fingerprint density at radius 1 is 1.09 bits per heavy atom. The number of benzene rings is 3. The fraction of sp³-hybridized carbons (Fsp3) is 0.115. The molecule has 3 aromatic carbocycles. The van der Waals surface area contributed by atoms with Crippen LogP contribution < -0.4 is 5.32 Å². The Morgan fingerprint density at radius 3 is 2.59 bits per heavy atom. The lowest BCUT2D eigenvalue weighted by molar-refractivity contribution is 0.0934. The lowest BCUT2D eigenvalue weighted by Gasteiger charge is -2.17. The predicted molar refractivity (Wildman–Crippen MR) is 126 cm³/mol. The molecule has 0 aliphatic rings. The lowest BCUT2D eigenvalue weighted by Crippen LogP contribution is -2.31. The first-order valence-electron chi connectivity index (χ1n) is 10.8. The second kappa shape index (κ2) is 8.82. The highest BCUT2D eigenvalue weighted by Crippen LogP contribution is 2.23. The minimum Gasteiger partial charge on any atom is -0.508 e. The highest BCUT2D eigenvalue weighted by Gasteiger charge is 2.23. The maximum atomic E-state index is 14.3. The Balaban J connectivity index is 1.47. The van der Waals surface area contributed by atoms with E-state index in [1.54, 1.807) is 49.4 Å². The minimum absolute atomic E-state index is 0.171. The topological polar surface area (TPSA) is 95.8 Å². The molecule has 170 valence electrons. The molecule has 5 aromatic rings. The van der Waals surface area contributed by atoms with Crippen LogP contribution in [0.2, 0.25) is 0 Å². The number of aromatic hydroxyl groups is 1. The van der Waals surface area contributed by atoms with Crippen LogP contribution in [0.1, 0.15) is 33.5 Å². The number of phenols is 1. The zero-order valence-corrected chi connectivity index (χ0v) is 18.4. The van der Waals surface area contributed by atoms with Gasteiger partial charge in [-0.15, -0.1) is 0 Å². The molecule has 8 heteroatoms. The number of hydrogen-bond donors (Lipinski definition) is 3. The highest BCUT2D eigenvalue weighted by atomic mass is 19.1. The number of aromatic amines is 1. The van der Waals surface area contributed by atoms with Gasteiger partial charge in [0.15, 0.2) is 0 Å². The molecule has 0 radical (unpaired) electrons. The van der Waals surface area contributed by atoms with Crippen molar-refractivity contribution in [3.8, 4) is 11.4 Å². The van der Waals surface area contributed by atoms with E-state index in [1.165, 1.54) is 16.9 Å². The molecule has 0 spiro atoms. The quantitative estimate of drug-likeness (QED) is 0.348. The number of nitrogens with one attached hydrogen (secondary N) is 2. The molecule has 2 heterocycles. The zero-order chi connectivity index (χ0) is 23.7. The molecule has 1 unspecified atom stereocenters. The normalized spacial score (nSPS) is 12.1. The number of halogens is 1. The number of fused-ring (bicyclic) bond motifs is 1. The van der Waals surface area contributed by atoms with Crippen LogP contribution >= 0.6 is 0 Å². The lowest BCUT2D eigenvalue weighted by atomic mass is 10.0. The smallest absolute Gasteiger partial charge is 0.255 e. The van der Waals surface area contributed by atoms with Gasteiger partial charge in [-0.3, -0.25) is 4.79 Å². The van der Waals surface area contributed by atoms with Crippen molar-refractivity contribution in [1.29, 1.82) is 0 Å². The number of hydrogen-bond acceptors (Lipinski definition) is 4. The molecule has 5 rings (SSSR count). The first kappa shape index (κ1) is 21.4. The number of phenolic OH excluding ortho intramolecular Hbond substituents is 1. The Bertz CT molecular complexity index is 1440. The van der Waals surface area contributed by atoms with Crippen LogP contribution in [-0.2, 0) is 6.42 Å². The average molecular weight is 455 g/mol. The van der Waals surface area contributed by atoms with E-state index in [0.717, 1.165) is 16.6 Å². The van der Waals surface area contributed by atoms with Crippen molar-refractivity contribution in [1.82, 2.24) is 25.1 Å². The maximum Gasteiger partial charge on any atom is 0.255 e. The second-order valence-corrected chi connectivity index (χ2v) is 8.04. The van der Waals surface area contributed by atoms with Crippen LogP contribution in [0.15, 0.2) is 79.0 Å². The maximum absolute atomic E-state index is 14.3. The van der Waals surface area contributed by atoms with Gasteiger partial charge in [0, 0.05) is 0 Å². The van der Waals surface area contributed by atoms with Crippen molar-refractivity contribution in [3.05, 3.63) is 107 Å². The standard InChI is InChI=1S/C26H22FN5O2/c1-16-19(15-28-32(16)24-9-5-2-6-20(24)27)26(34)31-23(14-17-10-12-18(33)13-11-17)25-29-21-7-3-4-8-22(21)30-25/h2-13,15,23,33H,14H2,1H3,(H,29,30)(H,31,34). The fourth-order valence-corrected chi connectivity index (χ4v) is 3.96. The van der Waals surface area contributed by atoms with Gasteiger partial charge in [-0.25, -0.2) is 14.1 Å². The molecule has 7 nitrogen and oxygen atoms in total. The Morgan fingerprint density at radius 2 is 1.82 bits per heavy atom. The van der Waals surface area contributed by atoms with E-state index in [9.17, 15) is 14.3 Å². The van der Waals surface area contributed by atoms with Crippen LogP contribution in [0, 0.1) is 12.7 Å². The van der Waals surface area contributed by atoms with E-state index in [0.29, 0.717) is 23.5 Å². The molecular formula is C26H22FN5O2. The average Bonchev–Trinajstić information content (AvgIpc) is 3.44. The van der Waals surface area contributed by atoms with Gasteiger partial charge in [0.1, 0.15) is 23.1 Å². The number of aromatic nitrogens is 4. The number of rotatable bonds is 6. The van der Waals surface area contributed by atoms with E-state index < -0.39 is 11.9 Å². The van der Waals surface area contributed by atoms with E-state index >= 15 is 0 Å². The summed E-state index contributed by atoms with van der Waals surface area (Å²) in [5.41, 5.74) is 3.72. The molecule has 3 N–H and O–H groups in total. The third-order valence-electron chi connectivity index (χ3n) is 5.75. The Kier molecular flexibility index (Phi) is 5.55. The van der Waals surface area contributed by atoms with Gasteiger partial charge < -0.3 is 15.4 Å². The molecule has 1 atom stereocenters. The number of H-pyrrole nitrogens is 1. The summed E-state index contributed by atoms with van der Waals surface area (Å²) in [4.78, 5) is 21.3. The molecular weight excluding hydrogens is 433 g/mol. The van der Waals surface area contributed by atoms with Crippen LogP contribution in [-0.4, -0.2) is 30.8 Å². The molecule has 0 saturated heterocycles. The van der Waals surface area contributed by atoms with E-state index in [1.807, 2.05) is 24.3 Å². The van der Waals surface area contributed by atoms with Crippen LogP contribution in [0.5, 0.6) is 5.75 Å². The van der Waals surface area contributed by atoms with Crippen molar-refractivity contribution in [3.63, 3.8) is 0 Å². The van der Waals surface area contributed by atoms with Crippen LogP contribution in [0.3, 0.4) is 0 Å². The van der Waals surface area contributed by atoms with Gasteiger partial charge in [-0.1, -0.05) is 36.4 Å². The van der Waals surface area contributed by atoms with Crippen LogP contribution in [0.4, 0.5) is 4.39 Å². The van der Waals surface area contributed by atoms with Gasteiger partial charge in [0.25, 0.3) is 5.91 Å². The molecule has 0 bridgehead atoms. The molecule has 1 amide bonds. The third-order valence-corrected chi connectivity index (χ3v) is 5.75. The Hall–Kier alpha value is -4.46. The summed E-state index contributed by atoms with van der Waals surface area (Å²) in [6, 6.07) is 20.3. The number of carbonyl (C=O) groups is 1. The van der Waals surface area contributed by atoms with Crippen molar-refractivity contribution >= 4 is 16.9 Å². The predicted octanol–water partition coefficient (Wildman–Crippen LogP) is 4.62. The van der Waals surface area contributed by atoms with Gasteiger partial charge in [0.2, 0.25) is 0 Å². The van der Waals surface area contributed by atoms with Crippen molar-refractivity contribution < 1.29 is 14.3 Å². The summed E-state index contributed by atoms with van der Waals surface area (Å²) in [6.45, 7) is 1.73. The summed E-state index contributed by atoms with van der Waals surface area (Å²) in [5.74, 6) is 0.0171. The number of amides is 1. The first-order chi connectivity index (χ1) is 16.5. The molecule has 0 fully saturated rings. The van der Waals surface area contributed by atoms with Crippen LogP contribution in [0.25, 0.3) is 16.7 Å². The summed E-state index contributed by atoms with van der Waals surface area (Å²) in [7, 11) is 0. The molecule has 0 saturated carbocycles. The van der Waals surface area contributed by atoms with Crippen molar-refractivity contribution in [2.75, 3.05) is 0 Å². The van der Waals surface area contributed by atoms with Crippen molar-refractivity contribution in [2.45, 2.75) is 19.4 Å². The largest absolute Gasteiger partial charge is 0.508 e. The molecule has 0 aliphatic carbocycles. The van der Waals surface area contributed by atoms with Gasteiger partial charge in [0.05, 0.1) is 34.5 Å². The monoisotopic (exact) mass is 455 g/mol. The highest BCUT2D eigenvalue weighted by molar-refractivity contribution is 5.95. The summed E-state index contributed by atoms with van der Waals surface area (Å²) in [5, 5.41) is 16.9. The summed E-state index contributed by atoms with van der Waals surface area (Å²) in [6.07, 6.45) is 1.89. The molecule has 0 aliphatic heterocycles. The minimum atomic E-state index is -0.472. The SMILES string of the molecule is Cc1c(C(=O)NC(Cc2ccc(O)cc2)c2nc3ccccc3[nH]2)cnn1-c1ccccc1F. The number of para-hydroxylation sites is 3. The van der Waals surface area contributed by atoms with E-state index in [2.05, 4.69) is 20.4 Å².